The standard InChI is InChI=1S/C6H2F3NO/c7-6(8,9)4-1-2-5(11)10-3-4/h1,3H. The molecule has 1 aliphatic heterocycles. The van der Waals surface area contributed by atoms with E-state index in [9.17, 15) is 18.0 Å². The summed E-state index contributed by atoms with van der Waals surface area (Å²) >= 11 is 0. The lowest BCUT2D eigenvalue weighted by Crippen LogP contribution is -2.18. The number of rotatable bonds is 0. The van der Waals surface area contributed by atoms with Crippen molar-refractivity contribution in [2.75, 3.05) is 0 Å². The van der Waals surface area contributed by atoms with Crippen LogP contribution >= 0.6 is 0 Å². The van der Waals surface area contributed by atoms with E-state index >= 15 is 0 Å². The van der Waals surface area contributed by atoms with E-state index in [-0.39, 0.29) is 0 Å². The van der Waals surface area contributed by atoms with Crippen LogP contribution in [-0.2, 0) is 4.79 Å². The van der Waals surface area contributed by atoms with E-state index in [2.05, 4.69) is 5.32 Å². The third kappa shape index (κ3) is 1.83. The molecular weight excluding hydrogens is 159 g/mol. The van der Waals surface area contributed by atoms with E-state index in [1.54, 1.807) is 0 Å². The first-order valence-corrected chi connectivity index (χ1v) is 2.62. The van der Waals surface area contributed by atoms with Crippen LogP contribution in [0.1, 0.15) is 0 Å². The van der Waals surface area contributed by atoms with E-state index < -0.39 is 17.7 Å². The maximum absolute atomic E-state index is 11.8. The summed E-state index contributed by atoms with van der Waals surface area (Å²) < 4.78 is 35.3. The van der Waals surface area contributed by atoms with Crippen LogP contribution < -0.4 is 5.32 Å². The number of halogens is 3. The molecule has 0 fully saturated rings. The quantitative estimate of drug-likeness (QED) is 0.520. The maximum Gasteiger partial charge on any atom is 0.417 e. The van der Waals surface area contributed by atoms with Crippen LogP contribution in [0.5, 0.6) is 0 Å². The van der Waals surface area contributed by atoms with Gasteiger partial charge in [-0.15, -0.1) is 0 Å². The van der Waals surface area contributed by atoms with E-state index in [0.29, 0.717) is 12.3 Å². The van der Waals surface area contributed by atoms with Gasteiger partial charge in [-0.05, 0) is 6.08 Å². The average molecular weight is 161 g/mol. The van der Waals surface area contributed by atoms with Gasteiger partial charge in [-0.1, -0.05) is 0 Å². The Morgan fingerprint density at radius 2 is 2.09 bits per heavy atom. The first-order chi connectivity index (χ1) is 5.00. The van der Waals surface area contributed by atoms with Crippen LogP contribution in [0.4, 0.5) is 13.2 Å². The van der Waals surface area contributed by atoms with Gasteiger partial charge in [0, 0.05) is 6.20 Å². The maximum atomic E-state index is 11.8. The minimum Gasteiger partial charge on any atom is -0.267 e. The summed E-state index contributed by atoms with van der Waals surface area (Å²) in [6.45, 7) is 0. The van der Waals surface area contributed by atoms with Crippen molar-refractivity contribution in [1.29, 1.82) is 0 Å². The van der Waals surface area contributed by atoms with Crippen LogP contribution in [0.2, 0.25) is 0 Å². The van der Waals surface area contributed by atoms with Crippen LogP contribution in [-0.4, -0.2) is 12.1 Å². The summed E-state index contributed by atoms with van der Waals surface area (Å²) in [5.74, 6) is -0.794. The first-order valence-electron chi connectivity index (χ1n) is 2.62. The van der Waals surface area contributed by atoms with E-state index in [0.717, 1.165) is 0 Å². The predicted molar refractivity (Wildman–Crippen MR) is 29.1 cm³/mol. The molecule has 0 saturated heterocycles. The molecule has 0 aliphatic carbocycles. The summed E-state index contributed by atoms with van der Waals surface area (Å²) in [5, 5.41) is 2.91. The minimum atomic E-state index is -4.45. The molecule has 2 radical (unpaired) electrons. The lowest BCUT2D eigenvalue weighted by atomic mass is 10.2. The fraction of sp³-hybridized carbons (Fsp3) is 0.167. The smallest absolute Gasteiger partial charge is 0.267 e. The normalized spacial score (nSPS) is 17.7. The Labute approximate surface area is 60.4 Å². The van der Waals surface area contributed by atoms with E-state index in [1.165, 1.54) is 0 Å². The summed E-state index contributed by atoms with van der Waals surface area (Å²) in [5.41, 5.74) is -0.961. The summed E-state index contributed by atoms with van der Waals surface area (Å²) in [7, 11) is 0. The lowest BCUT2D eigenvalue weighted by Gasteiger charge is -2.08. The summed E-state index contributed by atoms with van der Waals surface area (Å²) in [4.78, 5) is 10.2. The third-order valence-corrected chi connectivity index (χ3v) is 0.999. The lowest BCUT2D eigenvalue weighted by molar-refractivity contribution is -0.117. The number of alkyl halides is 3. The molecule has 0 unspecified atom stereocenters. The predicted octanol–water partition coefficient (Wildman–Crippen LogP) is 0.937. The van der Waals surface area contributed by atoms with Gasteiger partial charge in [0.15, 0.2) is 0 Å². The van der Waals surface area contributed by atoms with Crippen LogP contribution in [0.25, 0.3) is 0 Å². The molecule has 0 N–H and O–H groups in total. The molecule has 0 atom stereocenters. The zero-order valence-electron chi connectivity index (χ0n) is 5.14. The average Bonchev–Trinajstić information content (AvgIpc) is 1.86. The Kier molecular flexibility index (Phi) is 1.72. The number of nitrogens with zero attached hydrogens (tertiary/aromatic N) is 1. The van der Waals surface area contributed by atoms with Crippen molar-refractivity contribution in [3.8, 4) is 0 Å². The molecule has 1 aliphatic rings. The fourth-order valence-electron chi connectivity index (χ4n) is 0.497. The van der Waals surface area contributed by atoms with Gasteiger partial charge < -0.3 is 0 Å². The number of carbonyl (C=O) groups is 1. The topological polar surface area (TPSA) is 31.2 Å². The van der Waals surface area contributed by atoms with E-state index in [4.69, 9.17) is 0 Å². The molecule has 11 heavy (non-hydrogen) atoms. The molecule has 1 rings (SSSR count). The molecule has 0 saturated carbocycles. The summed E-state index contributed by atoms with van der Waals surface area (Å²) in [6, 6.07) is 0. The highest BCUT2D eigenvalue weighted by Gasteiger charge is 2.33. The van der Waals surface area contributed by atoms with Gasteiger partial charge in [-0.25, -0.2) is 5.32 Å². The molecule has 0 aromatic rings. The molecule has 5 heteroatoms. The van der Waals surface area contributed by atoms with Crippen LogP contribution in [0.3, 0.4) is 0 Å². The first kappa shape index (κ1) is 7.84. The molecular formula is C6H2F3NO. The van der Waals surface area contributed by atoms with Crippen molar-refractivity contribution in [3.05, 3.63) is 23.9 Å². The van der Waals surface area contributed by atoms with Crippen LogP contribution in [0, 0.1) is 6.08 Å². The van der Waals surface area contributed by atoms with E-state index in [1.807, 2.05) is 6.08 Å². The zero-order valence-corrected chi connectivity index (χ0v) is 5.14. The Bertz CT molecular complexity index is 239. The second-order valence-corrected chi connectivity index (χ2v) is 1.81. The van der Waals surface area contributed by atoms with Gasteiger partial charge in [0.1, 0.15) is 0 Å². The monoisotopic (exact) mass is 161 g/mol. The van der Waals surface area contributed by atoms with Gasteiger partial charge in [0.2, 0.25) is 0 Å². The molecule has 0 spiro atoms. The number of hydrogen-bond donors (Lipinski definition) is 0. The second-order valence-electron chi connectivity index (χ2n) is 1.81. The Morgan fingerprint density at radius 3 is 2.45 bits per heavy atom. The highest BCUT2D eigenvalue weighted by atomic mass is 19.4. The fourth-order valence-corrected chi connectivity index (χ4v) is 0.497. The molecule has 2 nitrogen and oxygen atoms in total. The van der Waals surface area contributed by atoms with Gasteiger partial charge >= 0.3 is 6.18 Å². The van der Waals surface area contributed by atoms with Crippen molar-refractivity contribution < 1.29 is 18.0 Å². The highest BCUT2D eigenvalue weighted by Crippen LogP contribution is 2.26. The molecule has 0 aromatic carbocycles. The minimum absolute atomic E-state index is 0.485. The number of carbonyl (C=O) groups excluding carboxylic acids is 1. The van der Waals surface area contributed by atoms with Gasteiger partial charge in [0.25, 0.3) is 5.91 Å². The van der Waals surface area contributed by atoms with Crippen molar-refractivity contribution >= 4 is 5.91 Å². The van der Waals surface area contributed by atoms with Crippen molar-refractivity contribution in [3.63, 3.8) is 0 Å². The third-order valence-electron chi connectivity index (χ3n) is 0.999. The Balaban J connectivity index is 2.79. The number of allylic oxidation sites excluding steroid dienone is 2. The van der Waals surface area contributed by atoms with Gasteiger partial charge in [0.05, 0.1) is 11.6 Å². The molecule has 1 amide bonds. The van der Waals surface area contributed by atoms with Gasteiger partial charge in [-0.2, -0.15) is 13.2 Å². The molecule has 0 bridgehead atoms. The molecule has 58 valence electrons. The van der Waals surface area contributed by atoms with Crippen molar-refractivity contribution in [1.82, 2.24) is 5.32 Å². The largest absolute Gasteiger partial charge is 0.417 e. The van der Waals surface area contributed by atoms with Crippen molar-refractivity contribution in [2.45, 2.75) is 6.18 Å². The highest BCUT2D eigenvalue weighted by molar-refractivity contribution is 5.85. The van der Waals surface area contributed by atoms with Gasteiger partial charge in [-0.3, -0.25) is 4.79 Å². The Hall–Kier alpha value is -1.26. The SMILES string of the molecule is O=C1[C]=CC(C(F)(F)F)=C[N]1. The number of amides is 1. The van der Waals surface area contributed by atoms with Crippen molar-refractivity contribution in [2.24, 2.45) is 0 Å². The molecule has 1 heterocycles. The number of hydrogen-bond acceptors (Lipinski definition) is 1. The second kappa shape index (κ2) is 2.41. The Morgan fingerprint density at radius 1 is 1.45 bits per heavy atom. The summed E-state index contributed by atoms with van der Waals surface area (Å²) in [6.07, 6.45) is -1.56. The zero-order chi connectivity index (χ0) is 8.48. The molecule has 0 aromatic heterocycles. The van der Waals surface area contributed by atoms with Crippen LogP contribution in [0.15, 0.2) is 17.8 Å².